The van der Waals surface area contributed by atoms with Crippen LogP contribution in [0.15, 0.2) is 64.0 Å². The number of nitrogens with one attached hydrogen (secondary N) is 1. The number of hydrogen-bond acceptors (Lipinski definition) is 7. The minimum Gasteiger partial charge on any atom is -0.497 e. The molecule has 0 bridgehead atoms. The summed E-state index contributed by atoms with van der Waals surface area (Å²) in [7, 11) is -7.02. The fourth-order valence-corrected chi connectivity index (χ4v) is 8.11. The molecule has 0 saturated heterocycles. The van der Waals surface area contributed by atoms with Gasteiger partial charge in [0.1, 0.15) is 5.75 Å². The molecule has 1 atom stereocenters. The van der Waals surface area contributed by atoms with E-state index in [0.717, 1.165) is 0 Å². The molecule has 0 radical (unpaired) electrons. The number of allylic oxidation sites excluding steroid dienone is 1. The Kier molecular flexibility index (Phi) is 7.44. The van der Waals surface area contributed by atoms with Crippen LogP contribution in [0.5, 0.6) is 5.75 Å². The Morgan fingerprint density at radius 2 is 1.62 bits per heavy atom. The molecule has 1 aliphatic rings. The number of rotatable bonds is 9. The Morgan fingerprint density at radius 1 is 1.03 bits per heavy atom. The number of fused-ring (bicyclic) bond motifs is 1. The summed E-state index contributed by atoms with van der Waals surface area (Å²) in [5, 5.41) is -1.99. The third-order valence-electron chi connectivity index (χ3n) is 4.82. The maximum atomic E-state index is 14.1. The highest BCUT2D eigenvalue weighted by Crippen LogP contribution is 2.66. The zero-order chi connectivity index (χ0) is 23.6. The van der Waals surface area contributed by atoms with E-state index in [9.17, 15) is 17.8 Å². The fraction of sp³-hybridized carbons (Fsp3) is 0.286. The van der Waals surface area contributed by atoms with Crippen molar-refractivity contribution in [2.24, 2.45) is 0 Å². The average molecular weight is 544 g/mol. The van der Waals surface area contributed by atoms with Gasteiger partial charge in [-0.3, -0.25) is 9.36 Å². The molecule has 32 heavy (non-hydrogen) atoms. The Morgan fingerprint density at radius 3 is 2.19 bits per heavy atom. The van der Waals surface area contributed by atoms with E-state index in [0.29, 0.717) is 5.75 Å². The largest absolute Gasteiger partial charge is 0.497 e. The Labute approximate surface area is 195 Å². The van der Waals surface area contributed by atoms with Crippen molar-refractivity contribution < 1.29 is 31.6 Å². The van der Waals surface area contributed by atoms with Gasteiger partial charge in [0.15, 0.2) is 11.1 Å². The summed E-state index contributed by atoms with van der Waals surface area (Å²) in [5.74, 6) is 0.101. The predicted octanol–water partition coefficient (Wildman–Crippen LogP) is 4.57. The van der Waals surface area contributed by atoms with Crippen molar-refractivity contribution in [3.05, 3.63) is 70.2 Å². The number of halogens is 1. The number of methoxy groups -OCH3 is 1. The zero-order valence-electron chi connectivity index (χ0n) is 17.7. The van der Waals surface area contributed by atoms with E-state index in [4.69, 9.17) is 13.8 Å². The van der Waals surface area contributed by atoms with Gasteiger partial charge in [0.25, 0.3) is 0 Å². The Bertz CT molecular complexity index is 1190. The molecule has 0 aliphatic heterocycles. The number of benzene rings is 2. The number of Topliss-reactive ketones (excluding diaryl/α,β-unsaturated/α-hetero) is 1. The standard InChI is InChI=1S/C21H23BrNO7PS/c1-4-29-31(25,30-5-2)21(14-19(22)20(24)17-8-6-7-9-18(17)21)23-32(26,27)16-12-10-15(28-3)11-13-16/h6-14,23H,4-5H2,1-3H3. The zero-order valence-corrected chi connectivity index (χ0v) is 21.0. The van der Waals surface area contributed by atoms with Crippen molar-refractivity contribution in [1.82, 2.24) is 4.72 Å². The highest BCUT2D eigenvalue weighted by Gasteiger charge is 2.57. The number of hydrogen-bond donors (Lipinski definition) is 1. The van der Waals surface area contributed by atoms with E-state index >= 15 is 0 Å². The van der Waals surface area contributed by atoms with Gasteiger partial charge in [0.2, 0.25) is 10.0 Å². The third kappa shape index (κ3) is 4.35. The molecule has 0 aromatic heterocycles. The number of sulfonamides is 1. The van der Waals surface area contributed by atoms with E-state index in [1.807, 2.05) is 0 Å². The minimum atomic E-state index is -4.26. The van der Waals surface area contributed by atoms with Crippen molar-refractivity contribution in [3.63, 3.8) is 0 Å². The summed E-state index contributed by atoms with van der Waals surface area (Å²) in [5.41, 5.74) is 0.356. The predicted molar refractivity (Wildman–Crippen MR) is 124 cm³/mol. The lowest BCUT2D eigenvalue weighted by atomic mass is 9.92. The molecule has 1 unspecified atom stereocenters. The molecule has 2 aromatic carbocycles. The van der Waals surface area contributed by atoms with Gasteiger partial charge in [-0.25, -0.2) is 8.42 Å². The first-order valence-electron chi connectivity index (χ1n) is 9.74. The highest BCUT2D eigenvalue weighted by molar-refractivity contribution is 9.12. The van der Waals surface area contributed by atoms with E-state index < -0.39 is 22.9 Å². The molecule has 11 heteroatoms. The lowest BCUT2D eigenvalue weighted by Crippen LogP contribution is -2.47. The van der Waals surface area contributed by atoms with Gasteiger partial charge in [0.05, 0.1) is 29.7 Å². The Balaban J connectivity index is 2.29. The topological polar surface area (TPSA) is 108 Å². The van der Waals surface area contributed by atoms with E-state index in [1.54, 1.807) is 26.0 Å². The summed E-state index contributed by atoms with van der Waals surface area (Å²) in [6.07, 6.45) is 1.25. The first-order valence-corrected chi connectivity index (χ1v) is 13.6. The molecule has 0 saturated carbocycles. The van der Waals surface area contributed by atoms with Crippen LogP contribution in [0.25, 0.3) is 0 Å². The molecule has 3 rings (SSSR count). The smallest absolute Gasteiger partial charge is 0.360 e. The van der Waals surface area contributed by atoms with Gasteiger partial charge in [-0.05, 0) is 60.1 Å². The molecular weight excluding hydrogens is 521 g/mol. The highest BCUT2D eigenvalue weighted by atomic mass is 79.9. The van der Waals surface area contributed by atoms with Gasteiger partial charge in [-0.15, -0.1) is 0 Å². The fourth-order valence-electron chi connectivity index (χ4n) is 3.44. The molecule has 8 nitrogen and oxygen atoms in total. The lowest BCUT2D eigenvalue weighted by molar-refractivity contribution is 0.103. The Hall–Kier alpha value is -1.81. The average Bonchev–Trinajstić information content (AvgIpc) is 2.77. The summed E-state index contributed by atoms with van der Waals surface area (Å²) >= 11 is 3.20. The number of carbonyl (C=O) groups excluding carboxylic acids is 1. The lowest BCUT2D eigenvalue weighted by Gasteiger charge is -2.40. The third-order valence-corrected chi connectivity index (χ3v) is 9.59. The normalized spacial score (nSPS) is 18.8. The van der Waals surface area contributed by atoms with Crippen LogP contribution in [0, 0.1) is 0 Å². The van der Waals surface area contributed by atoms with E-state index in [2.05, 4.69) is 20.7 Å². The van der Waals surface area contributed by atoms with Crippen LogP contribution in [0.4, 0.5) is 0 Å². The minimum absolute atomic E-state index is 0.00906. The van der Waals surface area contributed by atoms with E-state index in [-0.39, 0.29) is 39.5 Å². The molecule has 1 aliphatic carbocycles. The SMILES string of the molecule is CCOP(=O)(OCC)C1(NS(=O)(=O)c2ccc(OC)cc2)C=C(Br)C(=O)c2ccccc21. The molecule has 0 amide bonds. The monoisotopic (exact) mass is 543 g/mol. The van der Waals surface area contributed by atoms with Crippen LogP contribution in [-0.2, 0) is 28.9 Å². The quantitative estimate of drug-likeness (QED) is 0.461. The van der Waals surface area contributed by atoms with Crippen molar-refractivity contribution in [2.45, 2.75) is 24.0 Å². The van der Waals surface area contributed by atoms with Gasteiger partial charge in [0, 0.05) is 11.1 Å². The summed E-state index contributed by atoms with van der Waals surface area (Å²) in [6, 6.07) is 12.0. The molecule has 0 spiro atoms. The molecule has 172 valence electrons. The van der Waals surface area contributed by atoms with E-state index in [1.165, 1.54) is 49.6 Å². The van der Waals surface area contributed by atoms with Crippen molar-refractivity contribution in [3.8, 4) is 5.75 Å². The summed E-state index contributed by atoms with van der Waals surface area (Å²) in [4.78, 5) is 12.7. The van der Waals surface area contributed by atoms with Gasteiger partial charge in [-0.1, -0.05) is 24.3 Å². The van der Waals surface area contributed by atoms with Crippen LogP contribution in [0.3, 0.4) is 0 Å². The second-order valence-electron chi connectivity index (χ2n) is 6.75. The number of ether oxygens (including phenoxy) is 1. The number of ketones is 1. The van der Waals surface area contributed by atoms with Gasteiger partial charge < -0.3 is 13.8 Å². The molecule has 1 N–H and O–H groups in total. The van der Waals surface area contributed by atoms with Crippen LogP contribution < -0.4 is 9.46 Å². The second kappa shape index (κ2) is 9.59. The first kappa shape index (κ1) is 24.8. The maximum absolute atomic E-state index is 14.1. The molecular formula is C21H23BrNO7PS. The van der Waals surface area contributed by atoms with Crippen LogP contribution in [0.1, 0.15) is 29.8 Å². The van der Waals surface area contributed by atoms with Crippen molar-refractivity contribution >= 4 is 39.3 Å². The summed E-state index contributed by atoms with van der Waals surface area (Å²) in [6.45, 7) is 3.22. The summed E-state index contributed by atoms with van der Waals surface area (Å²) < 4.78 is 59.9. The molecule has 0 heterocycles. The second-order valence-corrected chi connectivity index (χ2v) is 11.5. The van der Waals surface area contributed by atoms with Crippen LogP contribution >= 0.6 is 23.5 Å². The van der Waals surface area contributed by atoms with Crippen LogP contribution in [-0.4, -0.2) is 34.5 Å². The van der Waals surface area contributed by atoms with Crippen molar-refractivity contribution in [2.75, 3.05) is 20.3 Å². The number of carbonyl (C=O) groups is 1. The first-order chi connectivity index (χ1) is 15.1. The van der Waals surface area contributed by atoms with Crippen molar-refractivity contribution in [1.29, 1.82) is 0 Å². The van der Waals surface area contributed by atoms with Crippen LogP contribution in [0.2, 0.25) is 0 Å². The molecule has 0 fully saturated rings. The van der Waals surface area contributed by atoms with Gasteiger partial charge >= 0.3 is 7.60 Å². The molecule has 2 aromatic rings. The van der Waals surface area contributed by atoms with Gasteiger partial charge in [-0.2, -0.15) is 4.72 Å². The maximum Gasteiger partial charge on any atom is 0.360 e.